The second-order valence-electron chi connectivity index (χ2n) is 6.33. The SMILES string of the molecule is COCCCCC1CCCCCC1CNC1CC1. The van der Waals surface area contributed by atoms with Crippen LogP contribution in [0.2, 0.25) is 0 Å². The molecule has 0 aliphatic heterocycles. The van der Waals surface area contributed by atoms with Crippen molar-refractivity contribution in [1.82, 2.24) is 5.32 Å². The van der Waals surface area contributed by atoms with Crippen molar-refractivity contribution in [3.8, 4) is 0 Å². The molecule has 1 N–H and O–H groups in total. The smallest absolute Gasteiger partial charge is 0.0462 e. The number of rotatable bonds is 8. The molecule has 0 amide bonds. The second kappa shape index (κ2) is 8.16. The average molecular weight is 253 g/mol. The molecular weight excluding hydrogens is 222 g/mol. The summed E-state index contributed by atoms with van der Waals surface area (Å²) in [5, 5.41) is 3.76. The third kappa shape index (κ3) is 5.27. The minimum absolute atomic E-state index is 0.877. The van der Waals surface area contributed by atoms with Gasteiger partial charge in [-0.25, -0.2) is 0 Å². The van der Waals surface area contributed by atoms with Gasteiger partial charge in [0.2, 0.25) is 0 Å². The van der Waals surface area contributed by atoms with Crippen LogP contribution in [0.25, 0.3) is 0 Å². The lowest BCUT2D eigenvalue weighted by molar-refractivity contribution is 0.185. The van der Waals surface area contributed by atoms with Gasteiger partial charge in [-0.15, -0.1) is 0 Å². The Balaban J connectivity index is 1.69. The maximum absolute atomic E-state index is 5.16. The number of hydrogen-bond donors (Lipinski definition) is 1. The van der Waals surface area contributed by atoms with Crippen molar-refractivity contribution in [2.24, 2.45) is 11.8 Å². The minimum atomic E-state index is 0.877. The van der Waals surface area contributed by atoms with Gasteiger partial charge in [0.25, 0.3) is 0 Å². The molecule has 0 heterocycles. The summed E-state index contributed by atoms with van der Waals surface area (Å²) in [7, 11) is 1.81. The van der Waals surface area contributed by atoms with Crippen LogP contribution in [0.3, 0.4) is 0 Å². The van der Waals surface area contributed by atoms with E-state index in [9.17, 15) is 0 Å². The van der Waals surface area contributed by atoms with Gasteiger partial charge in [-0.3, -0.25) is 0 Å². The van der Waals surface area contributed by atoms with E-state index < -0.39 is 0 Å². The van der Waals surface area contributed by atoms with Crippen LogP contribution in [0.4, 0.5) is 0 Å². The Hall–Kier alpha value is -0.0800. The van der Waals surface area contributed by atoms with Crippen LogP contribution in [0.15, 0.2) is 0 Å². The van der Waals surface area contributed by atoms with Crippen molar-refractivity contribution in [3.05, 3.63) is 0 Å². The highest BCUT2D eigenvalue weighted by Crippen LogP contribution is 2.32. The lowest BCUT2D eigenvalue weighted by Gasteiger charge is -2.25. The summed E-state index contributed by atoms with van der Waals surface area (Å²) in [6, 6.07) is 0.877. The van der Waals surface area contributed by atoms with E-state index in [2.05, 4.69) is 5.32 Å². The highest BCUT2D eigenvalue weighted by molar-refractivity contribution is 4.84. The summed E-state index contributed by atoms with van der Waals surface area (Å²) in [4.78, 5) is 0. The van der Waals surface area contributed by atoms with Gasteiger partial charge in [0, 0.05) is 19.8 Å². The van der Waals surface area contributed by atoms with Crippen molar-refractivity contribution >= 4 is 0 Å². The molecule has 0 aromatic carbocycles. The highest BCUT2D eigenvalue weighted by Gasteiger charge is 2.26. The number of methoxy groups -OCH3 is 1. The Bertz CT molecular complexity index is 215. The quantitative estimate of drug-likeness (QED) is 0.525. The standard InChI is InChI=1S/C16H31NO/c1-18-12-6-5-8-14-7-3-2-4-9-15(14)13-17-16-10-11-16/h14-17H,2-13H2,1H3. The Kier molecular flexibility index (Phi) is 6.50. The van der Waals surface area contributed by atoms with Crippen LogP contribution in [0.5, 0.6) is 0 Å². The van der Waals surface area contributed by atoms with Gasteiger partial charge in [0.1, 0.15) is 0 Å². The molecule has 2 aliphatic carbocycles. The van der Waals surface area contributed by atoms with E-state index in [1.54, 1.807) is 0 Å². The Morgan fingerprint density at radius 1 is 0.944 bits per heavy atom. The maximum Gasteiger partial charge on any atom is 0.0462 e. The summed E-state index contributed by atoms with van der Waals surface area (Å²) in [5.74, 6) is 1.94. The molecule has 18 heavy (non-hydrogen) atoms. The van der Waals surface area contributed by atoms with Crippen molar-refractivity contribution in [2.45, 2.75) is 70.3 Å². The van der Waals surface area contributed by atoms with E-state index >= 15 is 0 Å². The molecule has 2 fully saturated rings. The first-order chi connectivity index (χ1) is 8.90. The molecule has 0 aromatic heterocycles. The molecule has 2 aliphatic rings. The molecule has 0 radical (unpaired) electrons. The topological polar surface area (TPSA) is 21.3 Å². The monoisotopic (exact) mass is 253 g/mol. The largest absolute Gasteiger partial charge is 0.385 e. The molecule has 0 bridgehead atoms. The zero-order valence-electron chi connectivity index (χ0n) is 12.1. The van der Waals surface area contributed by atoms with Crippen LogP contribution in [0.1, 0.15) is 64.2 Å². The molecule has 2 heteroatoms. The second-order valence-corrected chi connectivity index (χ2v) is 6.33. The van der Waals surface area contributed by atoms with E-state index in [-0.39, 0.29) is 0 Å². The summed E-state index contributed by atoms with van der Waals surface area (Å²) in [5.41, 5.74) is 0. The first-order valence-electron chi connectivity index (χ1n) is 8.12. The summed E-state index contributed by atoms with van der Waals surface area (Å²) in [6.07, 6.45) is 14.2. The molecular formula is C16H31NO. The molecule has 2 rings (SSSR count). The van der Waals surface area contributed by atoms with Crippen molar-refractivity contribution in [1.29, 1.82) is 0 Å². The lowest BCUT2D eigenvalue weighted by Crippen LogP contribution is -2.29. The van der Waals surface area contributed by atoms with Gasteiger partial charge >= 0.3 is 0 Å². The molecule has 0 aromatic rings. The van der Waals surface area contributed by atoms with Crippen molar-refractivity contribution < 1.29 is 4.74 Å². The molecule has 106 valence electrons. The fraction of sp³-hybridized carbons (Fsp3) is 1.00. The first kappa shape index (κ1) is 14.3. The number of hydrogen-bond acceptors (Lipinski definition) is 2. The fourth-order valence-electron chi connectivity index (χ4n) is 3.37. The number of nitrogens with one attached hydrogen (secondary N) is 1. The van der Waals surface area contributed by atoms with Crippen LogP contribution < -0.4 is 5.32 Å². The molecule has 2 unspecified atom stereocenters. The highest BCUT2D eigenvalue weighted by atomic mass is 16.5. The molecule has 2 saturated carbocycles. The number of unbranched alkanes of at least 4 members (excludes halogenated alkanes) is 1. The van der Waals surface area contributed by atoms with E-state index in [0.717, 1.165) is 24.5 Å². The normalized spacial score (nSPS) is 29.2. The van der Waals surface area contributed by atoms with E-state index in [1.165, 1.54) is 70.8 Å². The van der Waals surface area contributed by atoms with E-state index in [1.807, 2.05) is 7.11 Å². The third-order valence-electron chi connectivity index (χ3n) is 4.74. The maximum atomic E-state index is 5.16. The van der Waals surface area contributed by atoms with E-state index in [4.69, 9.17) is 4.74 Å². The molecule has 0 spiro atoms. The van der Waals surface area contributed by atoms with Gasteiger partial charge in [-0.05, 0) is 44.1 Å². The predicted molar refractivity (Wildman–Crippen MR) is 76.8 cm³/mol. The summed E-state index contributed by atoms with van der Waals surface area (Å²) < 4.78 is 5.16. The van der Waals surface area contributed by atoms with Gasteiger partial charge in [0.15, 0.2) is 0 Å². The summed E-state index contributed by atoms with van der Waals surface area (Å²) >= 11 is 0. The predicted octanol–water partition coefficient (Wildman–Crippen LogP) is 3.75. The van der Waals surface area contributed by atoms with Crippen LogP contribution >= 0.6 is 0 Å². The Morgan fingerprint density at radius 2 is 1.72 bits per heavy atom. The lowest BCUT2D eigenvalue weighted by atomic mass is 9.84. The van der Waals surface area contributed by atoms with Crippen molar-refractivity contribution in [2.75, 3.05) is 20.3 Å². The van der Waals surface area contributed by atoms with Crippen LogP contribution in [-0.2, 0) is 4.74 Å². The molecule has 2 atom stereocenters. The molecule has 0 saturated heterocycles. The Morgan fingerprint density at radius 3 is 2.44 bits per heavy atom. The first-order valence-corrected chi connectivity index (χ1v) is 8.12. The average Bonchev–Trinajstić information content (AvgIpc) is 3.20. The minimum Gasteiger partial charge on any atom is -0.385 e. The Labute approximate surface area is 113 Å². The number of ether oxygens (including phenoxy) is 1. The van der Waals surface area contributed by atoms with Gasteiger partial charge < -0.3 is 10.1 Å². The van der Waals surface area contributed by atoms with Gasteiger partial charge in [0.05, 0.1) is 0 Å². The zero-order valence-corrected chi connectivity index (χ0v) is 12.1. The third-order valence-corrected chi connectivity index (χ3v) is 4.74. The van der Waals surface area contributed by atoms with Gasteiger partial charge in [-0.1, -0.05) is 38.5 Å². The summed E-state index contributed by atoms with van der Waals surface area (Å²) in [6.45, 7) is 2.23. The van der Waals surface area contributed by atoms with E-state index in [0.29, 0.717) is 0 Å². The van der Waals surface area contributed by atoms with Crippen molar-refractivity contribution in [3.63, 3.8) is 0 Å². The molecule has 2 nitrogen and oxygen atoms in total. The zero-order chi connectivity index (χ0) is 12.6. The van der Waals surface area contributed by atoms with Gasteiger partial charge in [-0.2, -0.15) is 0 Å². The fourth-order valence-corrected chi connectivity index (χ4v) is 3.37. The van der Waals surface area contributed by atoms with Crippen LogP contribution in [-0.4, -0.2) is 26.3 Å². The van der Waals surface area contributed by atoms with Crippen LogP contribution in [0, 0.1) is 11.8 Å².